The third kappa shape index (κ3) is 4.28. The van der Waals surface area contributed by atoms with E-state index in [9.17, 15) is 9.90 Å². The van der Waals surface area contributed by atoms with E-state index in [-0.39, 0.29) is 23.7 Å². The molecule has 1 aromatic rings. The van der Waals surface area contributed by atoms with Gasteiger partial charge in [0.25, 0.3) is 0 Å². The van der Waals surface area contributed by atoms with Crippen LogP contribution in [0.3, 0.4) is 0 Å². The second kappa shape index (κ2) is 7.99. The maximum Gasteiger partial charge on any atom is 0.227 e. The summed E-state index contributed by atoms with van der Waals surface area (Å²) < 4.78 is 5.74. The Morgan fingerprint density at radius 3 is 2.88 bits per heavy atom. The molecule has 3 rings (SSSR count). The van der Waals surface area contributed by atoms with Crippen LogP contribution in [-0.2, 0) is 16.1 Å². The zero-order chi connectivity index (χ0) is 16.9. The lowest BCUT2D eigenvalue weighted by Crippen LogP contribution is -2.45. The molecular weight excluding hydrogens is 304 g/mol. The second-order valence-corrected chi connectivity index (χ2v) is 7.08. The number of likely N-dealkylation sites (tertiary alicyclic amines) is 1. The number of amides is 1. The predicted octanol–water partition coefficient (Wildman–Crippen LogP) is 2.24. The Morgan fingerprint density at radius 1 is 1.33 bits per heavy atom. The zero-order valence-electron chi connectivity index (χ0n) is 14.5. The number of carbonyl (C=O) groups is 1. The first kappa shape index (κ1) is 17.2. The molecule has 0 bridgehead atoms. The Kier molecular flexibility index (Phi) is 5.74. The summed E-state index contributed by atoms with van der Waals surface area (Å²) in [7, 11) is 2.08. The van der Waals surface area contributed by atoms with Crippen molar-refractivity contribution in [3.05, 3.63) is 29.8 Å². The quantitative estimate of drug-likeness (QED) is 0.898. The van der Waals surface area contributed by atoms with Crippen molar-refractivity contribution < 1.29 is 14.6 Å². The minimum Gasteiger partial charge on any atom is -0.508 e. The summed E-state index contributed by atoms with van der Waals surface area (Å²) in [6, 6.07) is 7.27. The van der Waals surface area contributed by atoms with E-state index in [1.54, 1.807) is 12.1 Å². The van der Waals surface area contributed by atoms with Gasteiger partial charge in [-0.3, -0.25) is 4.79 Å². The van der Waals surface area contributed by atoms with Crippen molar-refractivity contribution in [3.8, 4) is 5.75 Å². The molecule has 1 N–H and O–H groups in total. The van der Waals surface area contributed by atoms with Crippen LogP contribution in [0.25, 0.3) is 0 Å². The van der Waals surface area contributed by atoms with E-state index in [0.717, 1.165) is 50.9 Å². The maximum atomic E-state index is 13.1. The Hall–Kier alpha value is -1.59. The summed E-state index contributed by atoms with van der Waals surface area (Å²) in [5, 5.41) is 10.1. The Labute approximate surface area is 144 Å². The van der Waals surface area contributed by atoms with Crippen LogP contribution in [0.1, 0.15) is 31.2 Å². The first-order valence-corrected chi connectivity index (χ1v) is 8.99. The van der Waals surface area contributed by atoms with Crippen molar-refractivity contribution in [3.63, 3.8) is 0 Å². The minimum absolute atomic E-state index is 0.0519. The fourth-order valence-corrected chi connectivity index (χ4v) is 3.74. The number of phenolic OH excluding ortho intramolecular Hbond substituents is 1. The molecule has 5 nitrogen and oxygen atoms in total. The Bertz CT molecular complexity index is 557. The van der Waals surface area contributed by atoms with Crippen LogP contribution < -0.4 is 0 Å². The normalized spacial score (nSPS) is 24.9. The molecule has 2 heterocycles. The highest BCUT2D eigenvalue weighted by Gasteiger charge is 2.30. The third-order valence-corrected chi connectivity index (χ3v) is 5.09. The topological polar surface area (TPSA) is 53.0 Å². The number of nitrogens with zero attached hydrogens (tertiary/aromatic N) is 2. The summed E-state index contributed by atoms with van der Waals surface area (Å²) >= 11 is 0. The molecule has 2 atom stereocenters. The van der Waals surface area contributed by atoms with Gasteiger partial charge in [-0.25, -0.2) is 0 Å². The van der Waals surface area contributed by atoms with Gasteiger partial charge in [-0.1, -0.05) is 18.2 Å². The second-order valence-electron chi connectivity index (χ2n) is 7.08. The Morgan fingerprint density at radius 2 is 2.17 bits per heavy atom. The highest BCUT2D eigenvalue weighted by molar-refractivity contribution is 5.79. The van der Waals surface area contributed by atoms with Gasteiger partial charge in [0.05, 0.1) is 12.0 Å². The van der Waals surface area contributed by atoms with Crippen LogP contribution in [0.2, 0.25) is 0 Å². The molecular formula is C19H28N2O3. The van der Waals surface area contributed by atoms with E-state index < -0.39 is 0 Å². The monoisotopic (exact) mass is 332 g/mol. The average Bonchev–Trinajstić information content (AvgIpc) is 3.08. The minimum atomic E-state index is 0.0519. The number of ether oxygens (including phenoxy) is 1. The van der Waals surface area contributed by atoms with E-state index in [1.165, 1.54) is 0 Å². The third-order valence-electron chi connectivity index (χ3n) is 5.09. The van der Waals surface area contributed by atoms with E-state index >= 15 is 0 Å². The number of piperidine rings is 1. The molecule has 2 aliphatic heterocycles. The van der Waals surface area contributed by atoms with Gasteiger partial charge in [-0.05, 0) is 45.3 Å². The van der Waals surface area contributed by atoms with Crippen LogP contribution in [-0.4, -0.2) is 60.2 Å². The number of phenols is 1. The lowest BCUT2D eigenvalue weighted by Gasteiger charge is -2.34. The van der Waals surface area contributed by atoms with Crippen molar-refractivity contribution >= 4 is 5.91 Å². The molecule has 0 aromatic heterocycles. The molecule has 2 fully saturated rings. The number of benzene rings is 1. The van der Waals surface area contributed by atoms with Gasteiger partial charge in [0.15, 0.2) is 0 Å². The van der Waals surface area contributed by atoms with Crippen LogP contribution in [0, 0.1) is 5.92 Å². The number of hydrogen-bond donors (Lipinski definition) is 1. The largest absolute Gasteiger partial charge is 0.508 e. The predicted molar refractivity (Wildman–Crippen MR) is 92.7 cm³/mol. The molecule has 1 aromatic carbocycles. The molecule has 5 heteroatoms. The van der Waals surface area contributed by atoms with Crippen LogP contribution >= 0.6 is 0 Å². The van der Waals surface area contributed by atoms with Gasteiger partial charge in [0.2, 0.25) is 5.91 Å². The van der Waals surface area contributed by atoms with E-state index in [2.05, 4.69) is 11.9 Å². The molecule has 0 spiro atoms. The lowest BCUT2D eigenvalue weighted by atomic mass is 9.96. The zero-order valence-corrected chi connectivity index (χ0v) is 14.5. The fourth-order valence-electron chi connectivity index (χ4n) is 3.74. The Balaban J connectivity index is 1.73. The number of rotatable bonds is 5. The van der Waals surface area contributed by atoms with Crippen molar-refractivity contribution in [2.45, 2.75) is 38.3 Å². The average molecular weight is 332 g/mol. The van der Waals surface area contributed by atoms with Gasteiger partial charge >= 0.3 is 0 Å². The van der Waals surface area contributed by atoms with Crippen LogP contribution in [0.5, 0.6) is 5.75 Å². The smallest absolute Gasteiger partial charge is 0.227 e. The standard InChI is InChI=1S/C19H28N2O3/c1-20-10-4-7-16(12-20)19(23)21(14-17-8-5-11-24-17)13-15-6-2-3-9-18(15)22/h2-3,6,9,16-17,22H,4-5,7-8,10-14H2,1H3/t16-,17-/m1/s1. The van der Waals surface area contributed by atoms with Gasteiger partial charge in [0, 0.05) is 31.8 Å². The molecule has 0 radical (unpaired) electrons. The van der Waals surface area contributed by atoms with Gasteiger partial charge in [0.1, 0.15) is 5.75 Å². The number of para-hydroxylation sites is 1. The van der Waals surface area contributed by atoms with Crippen LogP contribution in [0.4, 0.5) is 0 Å². The molecule has 2 aliphatic rings. The number of aromatic hydroxyl groups is 1. The van der Waals surface area contributed by atoms with Crippen molar-refractivity contribution in [2.24, 2.45) is 5.92 Å². The highest BCUT2D eigenvalue weighted by Crippen LogP contribution is 2.24. The van der Waals surface area contributed by atoms with Crippen LogP contribution in [0.15, 0.2) is 24.3 Å². The summed E-state index contributed by atoms with van der Waals surface area (Å²) in [4.78, 5) is 17.2. The molecule has 132 valence electrons. The lowest BCUT2D eigenvalue weighted by molar-refractivity contribution is -0.139. The van der Waals surface area contributed by atoms with Crippen molar-refractivity contribution in [2.75, 3.05) is 33.3 Å². The summed E-state index contributed by atoms with van der Waals surface area (Å²) in [6.45, 7) is 3.74. The summed E-state index contributed by atoms with van der Waals surface area (Å²) in [6.07, 6.45) is 4.22. The molecule has 0 unspecified atom stereocenters. The summed E-state index contributed by atoms with van der Waals surface area (Å²) in [5.41, 5.74) is 0.799. The van der Waals surface area contributed by atoms with Gasteiger partial charge in [-0.2, -0.15) is 0 Å². The SMILES string of the molecule is CN1CCC[C@@H](C(=O)N(Cc2ccccc2O)C[C@H]2CCCO2)C1. The van der Waals surface area contributed by atoms with E-state index in [1.807, 2.05) is 17.0 Å². The van der Waals surface area contributed by atoms with Gasteiger partial charge in [-0.15, -0.1) is 0 Å². The number of carbonyl (C=O) groups excluding carboxylic acids is 1. The first-order valence-electron chi connectivity index (χ1n) is 8.99. The molecule has 0 aliphatic carbocycles. The van der Waals surface area contributed by atoms with Crippen molar-refractivity contribution in [1.82, 2.24) is 9.80 Å². The molecule has 0 saturated carbocycles. The molecule has 2 saturated heterocycles. The van der Waals surface area contributed by atoms with E-state index in [0.29, 0.717) is 13.1 Å². The van der Waals surface area contributed by atoms with E-state index in [4.69, 9.17) is 4.74 Å². The molecule has 1 amide bonds. The first-order chi connectivity index (χ1) is 11.6. The highest BCUT2D eigenvalue weighted by atomic mass is 16.5. The maximum absolute atomic E-state index is 13.1. The van der Waals surface area contributed by atoms with Crippen molar-refractivity contribution in [1.29, 1.82) is 0 Å². The number of hydrogen-bond acceptors (Lipinski definition) is 4. The fraction of sp³-hybridized carbons (Fsp3) is 0.632. The molecule has 24 heavy (non-hydrogen) atoms. The van der Waals surface area contributed by atoms with Gasteiger partial charge < -0.3 is 19.6 Å². The summed E-state index contributed by atoms with van der Waals surface area (Å²) in [5.74, 6) is 0.500.